The molecule has 9 aromatic carbocycles. The van der Waals surface area contributed by atoms with E-state index in [0.717, 1.165) is 81.9 Å². The van der Waals surface area contributed by atoms with E-state index in [9.17, 15) is 0 Å². The number of hydrogen-bond acceptors (Lipinski definition) is 10. The second kappa shape index (κ2) is 17.0. The fourth-order valence-corrected chi connectivity index (χ4v) is 17.9. The summed E-state index contributed by atoms with van der Waals surface area (Å²) >= 11 is 0. The van der Waals surface area contributed by atoms with Crippen molar-refractivity contribution in [3.05, 3.63) is 242 Å². The van der Waals surface area contributed by atoms with E-state index >= 15 is 0 Å². The van der Waals surface area contributed by atoms with E-state index in [2.05, 4.69) is 187 Å². The number of anilines is 4. The Labute approximate surface area is 436 Å². The fourth-order valence-electron chi connectivity index (χ4n) is 11.1. The minimum Gasteiger partial charge on any atom is -0.324 e. The first kappa shape index (κ1) is 44.6. The number of nitrogens with one attached hydrogen (secondary N) is 6. The Morgan fingerprint density at radius 1 is 0.289 bits per heavy atom. The molecule has 2 aliphatic rings. The predicted octanol–water partition coefficient (Wildman–Crippen LogP) is 15.6. The van der Waals surface area contributed by atoms with E-state index in [1.165, 1.54) is 0 Å². The molecule has 0 atom stereocenters. The van der Waals surface area contributed by atoms with Crippen molar-refractivity contribution in [1.82, 2.24) is 39.9 Å². The van der Waals surface area contributed by atoms with Crippen molar-refractivity contribution in [3.8, 4) is 45.6 Å². The molecule has 0 aliphatic carbocycles. The Balaban J connectivity index is 1.25. The lowest BCUT2D eigenvalue weighted by Crippen LogP contribution is -2.61. The van der Waals surface area contributed by atoms with Gasteiger partial charge in [0.2, 0.25) is 0 Å². The predicted molar refractivity (Wildman–Crippen MR) is 312 cm³/mol. The largest absolute Gasteiger partial charge is 0.324 e. The van der Waals surface area contributed by atoms with E-state index < -0.39 is 9.04 Å². The van der Waals surface area contributed by atoms with Crippen LogP contribution in [0.5, 0.6) is 0 Å². The standard InChI is InChI=1S/C63H48N12S/c1-41-23-14-21-39-53(41)76(72-42-24-6-2-7-25-42,73-43-26-8-3-9-27-43,74-44-28-10-4-11-29-44,75-45-30-12-5-13-31-45)54-40-22-38-52-55(54)63-70-61-51-37-20-19-36-50(51)59(68-61)66-57-47-33-16-15-32-46(47)56(64-57)65-58-48-34-17-18-35-49(48)60(67-58)69-62(52)71-63/h2-40,72-75H,1H3,(H2,64,65,66,67,68,69,70,71). The molecule has 6 N–H and O–H groups in total. The van der Waals surface area contributed by atoms with Crippen LogP contribution in [0.3, 0.4) is 0 Å². The van der Waals surface area contributed by atoms with Crippen molar-refractivity contribution in [1.29, 1.82) is 0 Å². The molecule has 5 heterocycles. The highest BCUT2D eigenvalue weighted by Crippen LogP contribution is 2.95. The van der Waals surface area contributed by atoms with Gasteiger partial charge in [0.25, 0.3) is 0 Å². The number of aromatic amines is 2. The van der Waals surface area contributed by atoms with Crippen LogP contribution >= 0.6 is 9.04 Å². The quantitative estimate of drug-likeness (QED) is 0.0779. The molecule has 366 valence electrons. The number of aryl methyl sites for hydroxylation is 1. The van der Waals surface area contributed by atoms with Crippen LogP contribution in [0.25, 0.3) is 89.7 Å². The Hall–Kier alpha value is -10.1. The molecule has 0 fully saturated rings. The van der Waals surface area contributed by atoms with Crippen molar-refractivity contribution in [2.45, 2.75) is 16.7 Å². The lowest BCUT2D eigenvalue weighted by atomic mass is 10.1. The summed E-state index contributed by atoms with van der Waals surface area (Å²) in [7, 11) is -5.48. The van der Waals surface area contributed by atoms with Gasteiger partial charge in [-0.15, -0.1) is 0 Å². The van der Waals surface area contributed by atoms with Crippen LogP contribution < -0.4 is 18.9 Å². The average Bonchev–Trinajstić information content (AvgIpc) is 4.32. The van der Waals surface area contributed by atoms with Crippen LogP contribution in [0, 0.1) is 6.92 Å². The van der Waals surface area contributed by atoms with Gasteiger partial charge in [-0.3, -0.25) is 0 Å². The number of rotatable bonds is 10. The second-order valence-corrected chi connectivity index (χ2v) is 23.9. The number of nitrogens with zero attached hydrogens (tertiary/aromatic N) is 6. The number of hydrogen-bond donors (Lipinski definition) is 6. The molecule has 2 aliphatic heterocycles. The third kappa shape index (κ3) is 6.86. The Bertz CT molecular complexity index is 4240. The van der Waals surface area contributed by atoms with E-state index in [1.54, 1.807) is 0 Å². The molecule has 0 spiro atoms. The maximum absolute atomic E-state index is 5.70. The number of aromatic nitrogens is 8. The SMILES string of the molecule is Cc1ccccc1S(Nc1ccccc1)(Nc1ccccc1)(Nc1ccccc1)(Nc1ccccc1)c1cccc2c3nc4nc(nc5[nH]c(nc6nc(nc([nH]3)c12)-c1ccccc1-6)c1ccccc51)-c1ccccc1-4. The zero-order chi connectivity index (χ0) is 50.7. The first-order valence-electron chi connectivity index (χ1n) is 25.1. The molecule has 13 heteroatoms. The average molecular weight is 1010 g/mol. The van der Waals surface area contributed by atoms with Gasteiger partial charge in [0.1, 0.15) is 22.6 Å². The highest BCUT2D eigenvalue weighted by atomic mass is 32.4. The summed E-state index contributed by atoms with van der Waals surface area (Å²) in [6.07, 6.45) is 0. The third-order valence-corrected chi connectivity index (χ3v) is 20.3. The lowest BCUT2D eigenvalue weighted by molar-refractivity contribution is 1.19. The van der Waals surface area contributed by atoms with Gasteiger partial charge in [0, 0.05) is 71.4 Å². The topological polar surface area (TPSA) is 157 Å². The number of benzene rings is 9. The van der Waals surface area contributed by atoms with Gasteiger partial charge in [-0.05, 0) is 82.2 Å². The maximum atomic E-state index is 5.70. The molecular formula is C63H48N12S. The van der Waals surface area contributed by atoms with Gasteiger partial charge in [-0.2, -0.15) is 0 Å². The zero-order valence-corrected chi connectivity index (χ0v) is 41.9. The fraction of sp³-hybridized carbons (Fsp3) is 0.0159. The van der Waals surface area contributed by atoms with Crippen LogP contribution in [0.4, 0.5) is 22.7 Å². The number of fused-ring (bicyclic) bond motifs is 20. The monoisotopic (exact) mass is 1000 g/mol. The Kier molecular flexibility index (Phi) is 9.96. The van der Waals surface area contributed by atoms with Gasteiger partial charge >= 0.3 is 0 Å². The molecule has 0 saturated carbocycles. The Morgan fingerprint density at radius 3 is 1.03 bits per heavy atom. The van der Waals surface area contributed by atoms with Crippen LogP contribution in [0.15, 0.2) is 246 Å². The van der Waals surface area contributed by atoms with Crippen LogP contribution in [0.1, 0.15) is 5.56 Å². The summed E-state index contributed by atoms with van der Waals surface area (Å²) in [5.41, 5.74) is 9.97. The van der Waals surface area contributed by atoms with E-state index in [1.807, 2.05) is 84.9 Å². The summed E-state index contributed by atoms with van der Waals surface area (Å²) < 4.78 is 17.7. The molecular weight excluding hydrogens is 957 g/mol. The van der Waals surface area contributed by atoms with Gasteiger partial charge in [0.15, 0.2) is 23.3 Å². The lowest BCUT2D eigenvalue weighted by Gasteiger charge is -2.82. The highest BCUT2D eigenvalue weighted by molar-refractivity contribution is 8.68. The molecule has 12 nitrogen and oxygen atoms in total. The summed E-state index contributed by atoms with van der Waals surface area (Å²) in [6.45, 7) is 2.17. The normalized spacial score (nSPS) is 12.8. The van der Waals surface area contributed by atoms with E-state index in [0.29, 0.717) is 45.9 Å². The van der Waals surface area contributed by atoms with Crippen molar-refractivity contribution in [3.63, 3.8) is 0 Å². The van der Waals surface area contributed by atoms with Crippen molar-refractivity contribution < 1.29 is 0 Å². The molecule has 14 rings (SSSR count). The van der Waals surface area contributed by atoms with Crippen LogP contribution in [-0.4, -0.2) is 39.9 Å². The van der Waals surface area contributed by atoms with E-state index in [4.69, 9.17) is 29.9 Å². The second-order valence-electron chi connectivity index (χ2n) is 19.1. The minimum absolute atomic E-state index is 0.480. The zero-order valence-electron chi connectivity index (χ0n) is 41.1. The van der Waals surface area contributed by atoms with E-state index in [-0.39, 0.29) is 0 Å². The first-order valence-corrected chi connectivity index (χ1v) is 27.6. The number of para-hydroxylation sites is 4. The summed E-state index contributed by atoms with van der Waals surface area (Å²) in [5, 5.41) is 3.34. The van der Waals surface area contributed by atoms with Crippen LogP contribution in [-0.2, 0) is 0 Å². The van der Waals surface area contributed by atoms with Gasteiger partial charge < -0.3 is 28.9 Å². The summed E-state index contributed by atoms with van der Waals surface area (Å²) in [6, 6.07) is 80.8. The van der Waals surface area contributed by atoms with Crippen molar-refractivity contribution >= 4 is 75.9 Å². The molecule has 0 saturated heterocycles. The van der Waals surface area contributed by atoms with Crippen LogP contribution in [0.2, 0.25) is 0 Å². The molecule has 3 aromatic heterocycles. The number of H-pyrrole nitrogens is 2. The van der Waals surface area contributed by atoms with Crippen molar-refractivity contribution in [2.75, 3.05) is 18.9 Å². The molecule has 0 unspecified atom stereocenters. The molecule has 12 aromatic rings. The van der Waals surface area contributed by atoms with Gasteiger partial charge in [-0.1, -0.05) is 176 Å². The van der Waals surface area contributed by atoms with Gasteiger partial charge in [0.05, 0.1) is 4.90 Å². The molecule has 76 heavy (non-hydrogen) atoms. The molecule has 0 amide bonds. The Morgan fingerprint density at radius 2 is 0.605 bits per heavy atom. The summed E-state index contributed by atoms with van der Waals surface area (Å²) in [4.78, 5) is 41.4. The minimum atomic E-state index is -5.48. The smallest absolute Gasteiger partial charge is 0.164 e. The van der Waals surface area contributed by atoms with Gasteiger partial charge in [-0.25, -0.2) is 29.9 Å². The van der Waals surface area contributed by atoms with Crippen molar-refractivity contribution in [2.24, 2.45) is 0 Å². The first-order chi connectivity index (χ1) is 37.4. The third-order valence-electron chi connectivity index (χ3n) is 14.3. The molecule has 0 radical (unpaired) electrons. The highest BCUT2D eigenvalue weighted by Gasteiger charge is 2.65. The summed E-state index contributed by atoms with van der Waals surface area (Å²) in [5.74, 6) is 2.03. The maximum Gasteiger partial charge on any atom is 0.164 e. The molecule has 8 bridgehead atoms.